The van der Waals surface area contributed by atoms with Crippen LogP contribution in [0.2, 0.25) is 5.02 Å². The van der Waals surface area contributed by atoms with Gasteiger partial charge in [-0.1, -0.05) is 37.6 Å². The minimum Gasteiger partial charge on any atom is -0.486 e. The first-order chi connectivity index (χ1) is 15.8. The standard InChI is InChI=1S/C24H29ClN2O5S/c1-16(2)23(17-3-5-19(25)6-4-17)26-24(28)18-9-11-27(12-10-18)33(29,30)20-7-8-21-22(15-20)32-14-13-31-21/h3-8,15-16,18,23H,9-14H2,1-2H3,(H,26,28)/t23-/m0/s1. The molecule has 2 aliphatic heterocycles. The van der Waals surface area contributed by atoms with Crippen molar-refractivity contribution in [3.63, 3.8) is 0 Å². The second-order valence-corrected chi connectivity index (χ2v) is 11.1. The number of nitrogens with one attached hydrogen (secondary N) is 1. The van der Waals surface area contributed by atoms with E-state index in [1.54, 1.807) is 12.1 Å². The van der Waals surface area contributed by atoms with Crippen molar-refractivity contribution in [1.29, 1.82) is 0 Å². The van der Waals surface area contributed by atoms with Crippen molar-refractivity contribution >= 4 is 27.5 Å². The topological polar surface area (TPSA) is 84.9 Å². The number of rotatable bonds is 6. The Hall–Kier alpha value is -2.29. The van der Waals surface area contributed by atoms with Crippen LogP contribution in [0.4, 0.5) is 0 Å². The van der Waals surface area contributed by atoms with E-state index in [0.29, 0.717) is 55.7 Å². The third-order valence-electron chi connectivity index (χ3n) is 6.17. The minimum absolute atomic E-state index is 0.0416. The first kappa shape index (κ1) is 23.9. The minimum atomic E-state index is -3.67. The maximum Gasteiger partial charge on any atom is 0.243 e. The van der Waals surface area contributed by atoms with Crippen LogP contribution in [0.5, 0.6) is 11.5 Å². The molecule has 2 aliphatic rings. The molecule has 33 heavy (non-hydrogen) atoms. The molecule has 2 aromatic rings. The summed E-state index contributed by atoms with van der Waals surface area (Å²) in [5.74, 6) is 0.922. The van der Waals surface area contributed by atoms with Gasteiger partial charge < -0.3 is 14.8 Å². The molecular formula is C24H29ClN2O5S. The Bertz CT molecular complexity index is 1100. The van der Waals surface area contributed by atoms with E-state index in [1.807, 2.05) is 24.3 Å². The summed E-state index contributed by atoms with van der Waals surface area (Å²) in [5, 5.41) is 3.81. The van der Waals surface area contributed by atoms with Crippen molar-refractivity contribution in [1.82, 2.24) is 9.62 Å². The van der Waals surface area contributed by atoms with E-state index < -0.39 is 10.0 Å². The summed E-state index contributed by atoms with van der Waals surface area (Å²) < 4.78 is 38.7. The number of benzene rings is 2. The SMILES string of the molecule is CC(C)[C@H](NC(=O)C1CCN(S(=O)(=O)c2ccc3c(c2)OCCO3)CC1)c1ccc(Cl)cc1. The van der Waals surface area contributed by atoms with Crippen molar-refractivity contribution in [2.75, 3.05) is 26.3 Å². The second-order valence-electron chi connectivity index (χ2n) is 8.77. The van der Waals surface area contributed by atoms with E-state index in [0.717, 1.165) is 5.56 Å². The van der Waals surface area contributed by atoms with Crippen LogP contribution in [0, 0.1) is 11.8 Å². The van der Waals surface area contributed by atoms with Crippen LogP contribution in [0.1, 0.15) is 38.3 Å². The van der Waals surface area contributed by atoms with Crippen LogP contribution in [0.25, 0.3) is 0 Å². The summed E-state index contributed by atoms with van der Waals surface area (Å²) in [7, 11) is -3.67. The molecule has 2 aromatic carbocycles. The van der Waals surface area contributed by atoms with Crippen LogP contribution < -0.4 is 14.8 Å². The molecule has 0 aliphatic carbocycles. The Morgan fingerprint density at radius 2 is 1.67 bits per heavy atom. The quantitative estimate of drug-likeness (QED) is 0.658. The van der Waals surface area contributed by atoms with E-state index in [4.69, 9.17) is 21.1 Å². The number of fused-ring (bicyclic) bond motifs is 1. The van der Waals surface area contributed by atoms with Crippen LogP contribution in [0.15, 0.2) is 47.4 Å². The fraction of sp³-hybridized carbons (Fsp3) is 0.458. The predicted molar refractivity (Wildman–Crippen MR) is 126 cm³/mol. The van der Waals surface area contributed by atoms with Gasteiger partial charge in [-0.3, -0.25) is 4.79 Å². The van der Waals surface area contributed by atoms with E-state index in [1.165, 1.54) is 10.4 Å². The lowest BCUT2D eigenvalue weighted by Crippen LogP contribution is -2.44. The highest BCUT2D eigenvalue weighted by Gasteiger charge is 2.34. The van der Waals surface area contributed by atoms with Gasteiger partial charge in [-0.05, 0) is 48.6 Å². The van der Waals surface area contributed by atoms with Gasteiger partial charge in [-0.25, -0.2) is 8.42 Å². The Morgan fingerprint density at radius 3 is 2.30 bits per heavy atom. The number of hydrogen-bond donors (Lipinski definition) is 1. The molecule has 2 heterocycles. The molecule has 1 amide bonds. The number of piperidine rings is 1. The summed E-state index contributed by atoms with van der Waals surface area (Å²) in [6.45, 7) is 5.54. The molecular weight excluding hydrogens is 464 g/mol. The van der Waals surface area contributed by atoms with E-state index >= 15 is 0 Å². The molecule has 7 nitrogen and oxygen atoms in total. The summed E-state index contributed by atoms with van der Waals surface area (Å²) in [4.78, 5) is 13.2. The van der Waals surface area contributed by atoms with Crippen molar-refractivity contribution < 1.29 is 22.7 Å². The highest BCUT2D eigenvalue weighted by Crippen LogP contribution is 2.34. The smallest absolute Gasteiger partial charge is 0.243 e. The van der Waals surface area contributed by atoms with Gasteiger partial charge in [-0.2, -0.15) is 4.31 Å². The maximum atomic E-state index is 13.1. The van der Waals surface area contributed by atoms with Crippen LogP contribution in [-0.4, -0.2) is 44.9 Å². The highest BCUT2D eigenvalue weighted by molar-refractivity contribution is 7.89. The molecule has 9 heteroatoms. The molecule has 0 bridgehead atoms. The molecule has 0 aromatic heterocycles. The molecule has 0 radical (unpaired) electrons. The highest BCUT2D eigenvalue weighted by atomic mass is 35.5. The Labute approximate surface area is 200 Å². The van der Waals surface area contributed by atoms with Gasteiger partial charge in [0, 0.05) is 30.1 Å². The zero-order valence-electron chi connectivity index (χ0n) is 18.8. The Morgan fingerprint density at radius 1 is 1.03 bits per heavy atom. The van der Waals surface area contributed by atoms with Gasteiger partial charge >= 0.3 is 0 Å². The molecule has 178 valence electrons. The molecule has 1 N–H and O–H groups in total. The molecule has 1 atom stereocenters. The molecule has 1 fully saturated rings. The van der Waals surface area contributed by atoms with E-state index in [-0.39, 0.29) is 28.7 Å². The van der Waals surface area contributed by atoms with E-state index in [9.17, 15) is 13.2 Å². The Kier molecular flexibility index (Phi) is 7.16. The molecule has 1 saturated heterocycles. The monoisotopic (exact) mass is 492 g/mol. The van der Waals surface area contributed by atoms with Gasteiger partial charge in [0.2, 0.25) is 15.9 Å². The van der Waals surface area contributed by atoms with Crippen molar-refractivity contribution in [2.45, 2.75) is 37.6 Å². The lowest BCUT2D eigenvalue weighted by atomic mass is 9.93. The molecule has 0 saturated carbocycles. The number of halogens is 1. The summed E-state index contributed by atoms with van der Waals surface area (Å²) in [6.07, 6.45) is 0.947. The summed E-state index contributed by atoms with van der Waals surface area (Å²) in [6, 6.07) is 12.0. The molecule has 4 rings (SSSR count). The van der Waals surface area contributed by atoms with Gasteiger partial charge in [0.15, 0.2) is 11.5 Å². The lowest BCUT2D eigenvalue weighted by Gasteiger charge is -2.32. The summed E-state index contributed by atoms with van der Waals surface area (Å²) >= 11 is 6.00. The van der Waals surface area contributed by atoms with Crippen LogP contribution >= 0.6 is 11.6 Å². The molecule has 0 unspecified atom stereocenters. The normalized spacial score (nSPS) is 18.2. The third kappa shape index (κ3) is 5.28. The average Bonchev–Trinajstić information content (AvgIpc) is 2.82. The van der Waals surface area contributed by atoms with Gasteiger partial charge in [0.05, 0.1) is 10.9 Å². The largest absolute Gasteiger partial charge is 0.486 e. The van der Waals surface area contributed by atoms with Gasteiger partial charge in [0.25, 0.3) is 0 Å². The van der Waals surface area contributed by atoms with Crippen LogP contribution in [-0.2, 0) is 14.8 Å². The van der Waals surface area contributed by atoms with Crippen LogP contribution in [0.3, 0.4) is 0 Å². The Balaban J connectivity index is 1.39. The number of carbonyl (C=O) groups excluding carboxylic acids is 1. The van der Waals surface area contributed by atoms with E-state index in [2.05, 4.69) is 19.2 Å². The summed E-state index contributed by atoms with van der Waals surface area (Å²) in [5.41, 5.74) is 1.00. The number of nitrogens with zero attached hydrogens (tertiary/aromatic N) is 1. The number of hydrogen-bond acceptors (Lipinski definition) is 5. The predicted octanol–water partition coefficient (Wildman–Crippen LogP) is 4.03. The second kappa shape index (κ2) is 9.91. The zero-order chi connectivity index (χ0) is 23.6. The lowest BCUT2D eigenvalue weighted by molar-refractivity contribution is -0.127. The number of amides is 1. The van der Waals surface area contributed by atoms with Crippen molar-refractivity contribution in [3.05, 3.63) is 53.1 Å². The van der Waals surface area contributed by atoms with Gasteiger partial charge in [0.1, 0.15) is 13.2 Å². The molecule has 0 spiro atoms. The van der Waals surface area contributed by atoms with Crippen molar-refractivity contribution in [2.24, 2.45) is 11.8 Å². The third-order valence-corrected chi connectivity index (χ3v) is 8.32. The zero-order valence-corrected chi connectivity index (χ0v) is 20.4. The number of sulfonamides is 1. The fourth-order valence-electron chi connectivity index (χ4n) is 4.27. The van der Waals surface area contributed by atoms with Crippen molar-refractivity contribution in [3.8, 4) is 11.5 Å². The average molecular weight is 493 g/mol. The maximum absolute atomic E-state index is 13.1. The first-order valence-electron chi connectivity index (χ1n) is 11.2. The number of carbonyl (C=O) groups is 1. The fourth-order valence-corrected chi connectivity index (χ4v) is 5.88. The van der Waals surface area contributed by atoms with Gasteiger partial charge in [-0.15, -0.1) is 0 Å². The first-order valence-corrected chi connectivity index (χ1v) is 13.0. The number of ether oxygens (including phenoxy) is 2.